The third kappa shape index (κ3) is 3.31. The van der Waals surface area contributed by atoms with Gasteiger partial charge in [0.1, 0.15) is 0 Å². The minimum Gasteiger partial charge on any atom is -0.504 e. The average Bonchev–Trinajstić information content (AvgIpc) is 2.31. The maximum Gasteiger partial charge on any atom is 0.200 e. The first kappa shape index (κ1) is 13.7. The second kappa shape index (κ2) is 6.42. The summed E-state index contributed by atoms with van der Waals surface area (Å²) in [5.74, 6) is -0.574. The van der Waals surface area contributed by atoms with Gasteiger partial charge < -0.3 is 20.1 Å². The van der Waals surface area contributed by atoms with E-state index in [0.29, 0.717) is 23.5 Å². The smallest absolute Gasteiger partial charge is 0.200 e. The number of aromatic hydroxyl groups is 3. The van der Waals surface area contributed by atoms with Gasteiger partial charge in [-0.15, -0.1) is 6.58 Å². The van der Waals surface area contributed by atoms with Gasteiger partial charge in [0, 0.05) is 11.3 Å². The number of benzene rings is 1. The molecule has 94 valence electrons. The molecule has 1 rings (SSSR count). The van der Waals surface area contributed by atoms with Gasteiger partial charge in [0.05, 0.1) is 13.2 Å². The van der Waals surface area contributed by atoms with Crippen molar-refractivity contribution in [1.29, 1.82) is 0 Å². The molecule has 0 saturated carbocycles. The van der Waals surface area contributed by atoms with Gasteiger partial charge >= 0.3 is 0 Å². The Balaban J connectivity index is 3.03. The number of hydrogen-bond acceptors (Lipinski definition) is 5. The van der Waals surface area contributed by atoms with Crippen LogP contribution >= 0.6 is 11.8 Å². The lowest BCUT2D eigenvalue weighted by atomic mass is 10.1. The molecule has 0 spiro atoms. The highest BCUT2D eigenvalue weighted by Crippen LogP contribution is 2.41. The van der Waals surface area contributed by atoms with Crippen molar-refractivity contribution in [1.82, 2.24) is 0 Å². The van der Waals surface area contributed by atoms with E-state index in [9.17, 15) is 15.3 Å². The Morgan fingerprint density at radius 3 is 2.65 bits per heavy atom. The Bertz CT molecular complexity index is 404. The van der Waals surface area contributed by atoms with E-state index in [2.05, 4.69) is 6.58 Å². The average molecular weight is 256 g/mol. The van der Waals surface area contributed by atoms with Gasteiger partial charge in [0.2, 0.25) is 5.75 Å². The number of rotatable bonds is 6. The molecule has 0 unspecified atom stereocenters. The van der Waals surface area contributed by atoms with E-state index in [-0.39, 0.29) is 18.1 Å². The highest BCUT2D eigenvalue weighted by atomic mass is 32.2. The molecule has 0 atom stereocenters. The number of hydrogen-bond donors (Lipinski definition) is 3. The normalized spacial score (nSPS) is 10.4. The number of ether oxygens (including phenoxy) is 1. The molecular formula is C12H16O4S. The summed E-state index contributed by atoms with van der Waals surface area (Å²) in [7, 11) is 0. The van der Waals surface area contributed by atoms with Gasteiger partial charge in [0.25, 0.3) is 0 Å². The van der Waals surface area contributed by atoms with Crippen LogP contribution in [0.2, 0.25) is 0 Å². The fraction of sp³-hybridized carbons (Fsp3) is 0.333. The molecule has 5 heteroatoms. The van der Waals surface area contributed by atoms with Crippen molar-refractivity contribution < 1.29 is 20.1 Å². The molecule has 0 amide bonds. The minimum atomic E-state index is -0.485. The first-order valence-corrected chi connectivity index (χ1v) is 6.44. The first-order valence-electron chi connectivity index (χ1n) is 5.05. The van der Waals surface area contributed by atoms with Crippen LogP contribution in [0, 0.1) is 0 Å². The largest absolute Gasteiger partial charge is 0.504 e. The van der Waals surface area contributed by atoms with Crippen molar-refractivity contribution in [3.63, 3.8) is 0 Å². The van der Waals surface area contributed by atoms with Crippen molar-refractivity contribution in [3.05, 3.63) is 29.8 Å². The van der Waals surface area contributed by atoms with Gasteiger partial charge in [-0.05, 0) is 17.9 Å². The molecule has 4 nitrogen and oxygen atoms in total. The second-order valence-electron chi connectivity index (χ2n) is 3.47. The van der Waals surface area contributed by atoms with E-state index in [1.165, 1.54) is 17.8 Å². The fourth-order valence-corrected chi connectivity index (χ4v) is 2.03. The van der Waals surface area contributed by atoms with Gasteiger partial charge in [-0.25, -0.2) is 0 Å². The highest BCUT2D eigenvalue weighted by molar-refractivity contribution is 7.97. The SMILES string of the molecule is C=CCOCc1cc(O)c(O)c(O)c1CSC. The molecule has 1 aromatic rings. The van der Waals surface area contributed by atoms with Gasteiger partial charge in [-0.1, -0.05) is 6.08 Å². The molecule has 1 aromatic carbocycles. The van der Waals surface area contributed by atoms with Crippen LogP contribution in [-0.4, -0.2) is 28.2 Å². The van der Waals surface area contributed by atoms with Crippen LogP contribution < -0.4 is 0 Å². The minimum absolute atomic E-state index is 0.253. The van der Waals surface area contributed by atoms with Gasteiger partial charge in [-0.2, -0.15) is 11.8 Å². The predicted octanol–water partition coefficient (Wildman–Crippen LogP) is 2.37. The van der Waals surface area contributed by atoms with E-state index in [1.807, 2.05) is 6.26 Å². The summed E-state index contributed by atoms with van der Waals surface area (Å²) < 4.78 is 5.27. The third-order valence-electron chi connectivity index (χ3n) is 2.23. The molecule has 0 aliphatic carbocycles. The zero-order valence-electron chi connectivity index (χ0n) is 9.64. The van der Waals surface area contributed by atoms with Gasteiger partial charge in [0.15, 0.2) is 11.5 Å². The van der Waals surface area contributed by atoms with E-state index in [4.69, 9.17) is 4.74 Å². The quantitative estimate of drug-likeness (QED) is 0.414. The van der Waals surface area contributed by atoms with E-state index in [1.54, 1.807) is 6.08 Å². The fourth-order valence-electron chi connectivity index (χ4n) is 1.42. The Hall–Kier alpha value is -1.33. The van der Waals surface area contributed by atoms with Crippen LogP contribution in [-0.2, 0) is 17.1 Å². The summed E-state index contributed by atoms with van der Waals surface area (Å²) >= 11 is 1.51. The van der Waals surface area contributed by atoms with Crippen LogP contribution in [0.3, 0.4) is 0 Å². The number of phenols is 3. The summed E-state index contributed by atoms with van der Waals surface area (Å²) in [6.07, 6.45) is 3.51. The molecule has 3 N–H and O–H groups in total. The van der Waals surface area contributed by atoms with Crippen LogP contribution in [0.15, 0.2) is 18.7 Å². The van der Waals surface area contributed by atoms with Crippen molar-refractivity contribution in [2.45, 2.75) is 12.4 Å². The molecule has 0 aromatic heterocycles. The summed E-state index contributed by atoms with van der Waals surface area (Å²) in [5, 5.41) is 28.6. The molecule has 0 bridgehead atoms. The van der Waals surface area contributed by atoms with Crippen LogP contribution in [0.1, 0.15) is 11.1 Å². The van der Waals surface area contributed by atoms with Crippen LogP contribution in [0.25, 0.3) is 0 Å². The van der Waals surface area contributed by atoms with E-state index >= 15 is 0 Å². The molecule has 0 heterocycles. The Labute approximate surface area is 105 Å². The zero-order chi connectivity index (χ0) is 12.8. The lowest BCUT2D eigenvalue weighted by Crippen LogP contribution is -1.98. The number of phenolic OH excluding ortho intramolecular Hbond substituents is 3. The van der Waals surface area contributed by atoms with E-state index < -0.39 is 5.75 Å². The lowest BCUT2D eigenvalue weighted by Gasteiger charge is -2.13. The maximum atomic E-state index is 9.75. The number of thioether (sulfide) groups is 1. The monoisotopic (exact) mass is 256 g/mol. The third-order valence-corrected chi connectivity index (χ3v) is 2.81. The lowest BCUT2D eigenvalue weighted by molar-refractivity contribution is 0.148. The zero-order valence-corrected chi connectivity index (χ0v) is 10.5. The summed E-state index contributed by atoms with van der Waals surface area (Å²) in [4.78, 5) is 0. The topological polar surface area (TPSA) is 69.9 Å². The first-order chi connectivity index (χ1) is 8.11. The summed E-state index contributed by atoms with van der Waals surface area (Å²) in [5.41, 5.74) is 1.24. The molecule has 0 aliphatic rings. The molecule has 0 radical (unpaired) electrons. The second-order valence-corrected chi connectivity index (χ2v) is 4.33. The standard InChI is InChI=1S/C12H16O4S/c1-3-4-16-6-8-5-10(13)12(15)11(14)9(8)7-17-2/h3,5,13-15H,1,4,6-7H2,2H3. The summed E-state index contributed by atoms with van der Waals surface area (Å²) in [6, 6.07) is 1.41. The predicted molar refractivity (Wildman–Crippen MR) is 68.5 cm³/mol. The van der Waals surface area contributed by atoms with Crippen LogP contribution in [0.4, 0.5) is 0 Å². The Morgan fingerprint density at radius 1 is 1.35 bits per heavy atom. The van der Waals surface area contributed by atoms with Crippen LogP contribution in [0.5, 0.6) is 17.2 Å². The van der Waals surface area contributed by atoms with Crippen molar-refractivity contribution in [2.24, 2.45) is 0 Å². The highest BCUT2D eigenvalue weighted by Gasteiger charge is 2.16. The van der Waals surface area contributed by atoms with Crippen molar-refractivity contribution >= 4 is 11.8 Å². The molecule has 0 saturated heterocycles. The van der Waals surface area contributed by atoms with Crippen molar-refractivity contribution in [3.8, 4) is 17.2 Å². The summed E-state index contributed by atoms with van der Waals surface area (Å²) in [6.45, 7) is 4.18. The molecule has 0 fully saturated rings. The molecular weight excluding hydrogens is 240 g/mol. The maximum absolute atomic E-state index is 9.75. The Morgan fingerprint density at radius 2 is 2.06 bits per heavy atom. The Kier molecular flexibility index (Phi) is 5.18. The molecule has 17 heavy (non-hydrogen) atoms. The van der Waals surface area contributed by atoms with Crippen molar-refractivity contribution in [2.75, 3.05) is 12.9 Å². The van der Waals surface area contributed by atoms with E-state index in [0.717, 1.165) is 0 Å². The van der Waals surface area contributed by atoms with Gasteiger partial charge in [-0.3, -0.25) is 0 Å². The molecule has 0 aliphatic heterocycles.